The largest absolute Gasteiger partial charge is 0.497 e. The molecule has 0 aliphatic carbocycles. The van der Waals surface area contributed by atoms with Crippen molar-refractivity contribution in [1.82, 2.24) is 0 Å². The number of rotatable bonds is 5. The van der Waals surface area contributed by atoms with Crippen molar-refractivity contribution >= 4 is 17.1 Å². The SMILES string of the molecule is COc1cccc(CNc2ccc([N+](=O)[O-])c(N)c2)c1. The highest BCUT2D eigenvalue weighted by atomic mass is 16.6. The second-order valence-corrected chi connectivity index (χ2v) is 4.24. The summed E-state index contributed by atoms with van der Waals surface area (Å²) in [6.07, 6.45) is 0. The number of nitro benzene ring substituents is 1. The van der Waals surface area contributed by atoms with Crippen LogP contribution >= 0.6 is 0 Å². The van der Waals surface area contributed by atoms with Crippen LogP contribution in [0.5, 0.6) is 5.75 Å². The summed E-state index contributed by atoms with van der Waals surface area (Å²) >= 11 is 0. The third-order valence-corrected chi connectivity index (χ3v) is 2.86. The predicted octanol–water partition coefficient (Wildman–Crippen LogP) is 2.80. The summed E-state index contributed by atoms with van der Waals surface area (Å²) in [7, 11) is 1.61. The Balaban J connectivity index is 2.07. The van der Waals surface area contributed by atoms with E-state index >= 15 is 0 Å². The van der Waals surface area contributed by atoms with Crippen LogP contribution < -0.4 is 15.8 Å². The number of nitrogen functional groups attached to an aromatic ring is 1. The molecule has 2 rings (SSSR count). The first kappa shape index (κ1) is 13.7. The molecule has 0 amide bonds. The Kier molecular flexibility index (Phi) is 4.05. The lowest BCUT2D eigenvalue weighted by molar-refractivity contribution is -0.383. The zero-order valence-corrected chi connectivity index (χ0v) is 11.0. The van der Waals surface area contributed by atoms with Gasteiger partial charge in [0, 0.05) is 18.3 Å². The van der Waals surface area contributed by atoms with E-state index in [1.165, 1.54) is 6.07 Å². The van der Waals surface area contributed by atoms with E-state index < -0.39 is 4.92 Å². The number of nitro groups is 1. The van der Waals surface area contributed by atoms with E-state index in [0.717, 1.165) is 17.0 Å². The van der Waals surface area contributed by atoms with Gasteiger partial charge in [0.2, 0.25) is 0 Å². The third kappa shape index (κ3) is 3.17. The van der Waals surface area contributed by atoms with E-state index in [1.54, 1.807) is 19.2 Å². The van der Waals surface area contributed by atoms with E-state index in [2.05, 4.69) is 5.32 Å². The molecule has 0 aromatic heterocycles. The monoisotopic (exact) mass is 273 g/mol. The summed E-state index contributed by atoms with van der Waals surface area (Å²) in [4.78, 5) is 10.2. The topological polar surface area (TPSA) is 90.4 Å². The lowest BCUT2D eigenvalue weighted by Crippen LogP contribution is -2.02. The van der Waals surface area contributed by atoms with Gasteiger partial charge in [-0.1, -0.05) is 12.1 Å². The summed E-state index contributed by atoms with van der Waals surface area (Å²) in [6, 6.07) is 12.2. The molecule has 20 heavy (non-hydrogen) atoms. The first-order valence-corrected chi connectivity index (χ1v) is 6.01. The Bertz CT molecular complexity index is 629. The van der Waals surface area contributed by atoms with Gasteiger partial charge in [0.1, 0.15) is 11.4 Å². The Morgan fingerprint density at radius 1 is 1.30 bits per heavy atom. The number of ether oxygens (including phenoxy) is 1. The quantitative estimate of drug-likeness (QED) is 0.496. The Morgan fingerprint density at radius 2 is 2.10 bits per heavy atom. The number of benzene rings is 2. The van der Waals surface area contributed by atoms with Crippen LogP contribution in [0, 0.1) is 10.1 Å². The minimum atomic E-state index is -0.499. The van der Waals surface area contributed by atoms with Crippen molar-refractivity contribution in [3.63, 3.8) is 0 Å². The van der Waals surface area contributed by atoms with Gasteiger partial charge in [-0.05, 0) is 29.8 Å². The molecule has 0 atom stereocenters. The minimum Gasteiger partial charge on any atom is -0.497 e. The van der Waals surface area contributed by atoms with Crippen LogP contribution in [0.1, 0.15) is 5.56 Å². The van der Waals surface area contributed by atoms with Crippen molar-refractivity contribution in [3.05, 3.63) is 58.1 Å². The molecular formula is C14H15N3O3. The van der Waals surface area contributed by atoms with Crippen LogP contribution in [0.15, 0.2) is 42.5 Å². The molecule has 6 heteroatoms. The molecule has 6 nitrogen and oxygen atoms in total. The zero-order chi connectivity index (χ0) is 14.5. The second-order valence-electron chi connectivity index (χ2n) is 4.24. The molecule has 104 valence electrons. The second kappa shape index (κ2) is 5.92. The summed E-state index contributed by atoms with van der Waals surface area (Å²) < 4.78 is 5.15. The van der Waals surface area contributed by atoms with Crippen molar-refractivity contribution in [2.45, 2.75) is 6.54 Å². The number of nitrogens with one attached hydrogen (secondary N) is 1. The number of methoxy groups -OCH3 is 1. The van der Waals surface area contributed by atoms with E-state index in [9.17, 15) is 10.1 Å². The van der Waals surface area contributed by atoms with Gasteiger partial charge in [-0.25, -0.2) is 0 Å². The fourth-order valence-electron chi connectivity index (χ4n) is 1.82. The van der Waals surface area contributed by atoms with Gasteiger partial charge in [0.05, 0.1) is 12.0 Å². The fraction of sp³-hybridized carbons (Fsp3) is 0.143. The first-order valence-electron chi connectivity index (χ1n) is 6.01. The smallest absolute Gasteiger partial charge is 0.292 e. The highest BCUT2D eigenvalue weighted by Gasteiger charge is 2.10. The molecule has 0 radical (unpaired) electrons. The molecule has 2 aromatic carbocycles. The highest BCUT2D eigenvalue weighted by Crippen LogP contribution is 2.25. The third-order valence-electron chi connectivity index (χ3n) is 2.86. The number of hydrogen-bond donors (Lipinski definition) is 2. The lowest BCUT2D eigenvalue weighted by atomic mass is 10.2. The maximum atomic E-state index is 10.7. The number of nitrogens with two attached hydrogens (primary N) is 1. The minimum absolute atomic E-state index is 0.0862. The molecule has 0 fully saturated rings. The summed E-state index contributed by atoms with van der Waals surface area (Å²) in [5, 5.41) is 13.8. The number of nitrogens with zero attached hydrogens (tertiary/aromatic N) is 1. The normalized spacial score (nSPS) is 10.1. The number of anilines is 2. The van der Waals surface area contributed by atoms with Gasteiger partial charge in [-0.15, -0.1) is 0 Å². The average molecular weight is 273 g/mol. The van der Waals surface area contributed by atoms with Gasteiger partial charge < -0.3 is 15.8 Å². The van der Waals surface area contributed by atoms with Crippen LogP contribution in [-0.2, 0) is 6.54 Å². The molecule has 0 aliphatic rings. The summed E-state index contributed by atoms with van der Waals surface area (Å²) in [5.41, 5.74) is 7.47. The molecule has 0 saturated carbocycles. The highest BCUT2D eigenvalue weighted by molar-refractivity contribution is 5.65. The molecule has 0 spiro atoms. The molecular weight excluding hydrogens is 258 g/mol. The first-order chi connectivity index (χ1) is 9.60. The Hall–Kier alpha value is -2.76. The van der Waals surface area contributed by atoms with E-state index in [4.69, 9.17) is 10.5 Å². The summed E-state index contributed by atoms with van der Waals surface area (Å²) in [5.74, 6) is 0.785. The zero-order valence-electron chi connectivity index (χ0n) is 11.0. The maximum Gasteiger partial charge on any atom is 0.292 e. The van der Waals surface area contributed by atoms with Crippen LogP contribution in [0.4, 0.5) is 17.1 Å². The van der Waals surface area contributed by atoms with Crippen molar-refractivity contribution < 1.29 is 9.66 Å². The molecule has 0 bridgehead atoms. The van der Waals surface area contributed by atoms with Crippen molar-refractivity contribution in [2.24, 2.45) is 0 Å². The van der Waals surface area contributed by atoms with Gasteiger partial charge >= 0.3 is 0 Å². The van der Waals surface area contributed by atoms with Gasteiger partial charge in [0.15, 0.2) is 0 Å². The van der Waals surface area contributed by atoms with Crippen molar-refractivity contribution in [2.75, 3.05) is 18.2 Å². The molecule has 0 saturated heterocycles. The van der Waals surface area contributed by atoms with Crippen LogP contribution in [0.2, 0.25) is 0 Å². The van der Waals surface area contributed by atoms with Gasteiger partial charge in [0.25, 0.3) is 5.69 Å². The standard InChI is InChI=1S/C14H15N3O3/c1-20-12-4-2-3-10(7-12)9-16-11-5-6-14(17(18)19)13(15)8-11/h2-8,16H,9,15H2,1H3. The van der Waals surface area contributed by atoms with Gasteiger partial charge in [-0.2, -0.15) is 0 Å². The lowest BCUT2D eigenvalue weighted by Gasteiger charge is -2.08. The van der Waals surface area contributed by atoms with E-state index in [-0.39, 0.29) is 11.4 Å². The Morgan fingerprint density at radius 3 is 2.75 bits per heavy atom. The van der Waals surface area contributed by atoms with Crippen LogP contribution in [0.3, 0.4) is 0 Å². The molecule has 3 N–H and O–H groups in total. The van der Waals surface area contributed by atoms with E-state index in [1.807, 2.05) is 24.3 Å². The van der Waals surface area contributed by atoms with Crippen LogP contribution in [0.25, 0.3) is 0 Å². The average Bonchev–Trinajstić information content (AvgIpc) is 2.45. The van der Waals surface area contributed by atoms with Gasteiger partial charge in [-0.3, -0.25) is 10.1 Å². The molecule has 2 aromatic rings. The van der Waals surface area contributed by atoms with Crippen LogP contribution in [-0.4, -0.2) is 12.0 Å². The molecule has 0 heterocycles. The fourth-order valence-corrected chi connectivity index (χ4v) is 1.82. The Labute approximate surface area is 116 Å². The van der Waals surface area contributed by atoms with Crippen molar-refractivity contribution in [3.8, 4) is 5.75 Å². The maximum absolute atomic E-state index is 10.7. The number of hydrogen-bond acceptors (Lipinski definition) is 5. The molecule has 0 unspecified atom stereocenters. The molecule has 0 aliphatic heterocycles. The van der Waals surface area contributed by atoms with E-state index in [0.29, 0.717) is 6.54 Å². The predicted molar refractivity (Wildman–Crippen MR) is 77.8 cm³/mol. The summed E-state index contributed by atoms with van der Waals surface area (Å²) in [6.45, 7) is 0.578. The van der Waals surface area contributed by atoms with Crippen molar-refractivity contribution in [1.29, 1.82) is 0 Å².